The van der Waals surface area contributed by atoms with E-state index in [1.165, 1.54) is 0 Å². The molecule has 106 valence electrons. The molecule has 1 aromatic heterocycles. The predicted molar refractivity (Wildman–Crippen MR) is 77.5 cm³/mol. The number of fused-ring (bicyclic) bond motifs is 1. The van der Waals surface area contributed by atoms with Crippen LogP contribution in [-0.2, 0) is 6.54 Å². The van der Waals surface area contributed by atoms with Crippen LogP contribution in [0, 0.1) is 0 Å². The van der Waals surface area contributed by atoms with Gasteiger partial charge in [0, 0.05) is 30.4 Å². The van der Waals surface area contributed by atoms with Gasteiger partial charge in [-0.15, -0.1) is 0 Å². The Morgan fingerprint density at radius 2 is 2.15 bits per heavy atom. The van der Waals surface area contributed by atoms with E-state index in [-0.39, 0.29) is 12.8 Å². The first-order valence-corrected chi connectivity index (χ1v) is 6.93. The van der Waals surface area contributed by atoms with Gasteiger partial charge in [-0.3, -0.25) is 4.68 Å². The quantitative estimate of drug-likeness (QED) is 0.938. The van der Waals surface area contributed by atoms with E-state index < -0.39 is 0 Å². The molecule has 1 unspecified atom stereocenters. The Labute approximate surface area is 122 Å². The molecule has 0 aliphatic carbocycles. The van der Waals surface area contributed by atoms with Gasteiger partial charge < -0.3 is 14.8 Å². The van der Waals surface area contributed by atoms with Crippen LogP contribution in [-0.4, -0.2) is 16.6 Å². The summed E-state index contributed by atoms with van der Waals surface area (Å²) in [5.41, 5.74) is 1.94. The van der Waals surface area contributed by atoms with Crippen molar-refractivity contribution >= 4 is 17.3 Å². The van der Waals surface area contributed by atoms with Crippen molar-refractivity contribution in [2.24, 2.45) is 0 Å². The monoisotopic (exact) mass is 293 g/mol. The number of hydrogen-bond acceptors (Lipinski definition) is 4. The van der Waals surface area contributed by atoms with Crippen LogP contribution in [0.1, 0.15) is 25.5 Å². The lowest BCUT2D eigenvalue weighted by Gasteiger charge is -2.15. The third kappa shape index (κ3) is 2.41. The van der Waals surface area contributed by atoms with Crippen molar-refractivity contribution in [3.05, 3.63) is 35.1 Å². The van der Waals surface area contributed by atoms with E-state index in [0.717, 1.165) is 17.8 Å². The van der Waals surface area contributed by atoms with E-state index in [9.17, 15) is 0 Å². The average molecular weight is 294 g/mol. The van der Waals surface area contributed by atoms with Gasteiger partial charge in [-0.1, -0.05) is 11.6 Å². The van der Waals surface area contributed by atoms with Gasteiger partial charge in [0.25, 0.3) is 0 Å². The number of nitrogens with zero attached hydrogens (tertiary/aromatic N) is 2. The molecule has 0 bridgehead atoms. The molecule has 1 N–H and O–H groups in total. The number of nitrogens with one attached hydrogen (secondary N) is 1. The van der Waals surface area contributed by atoms with Gasteiger partial charge in [0.1, 0.15) is 0 Å². The maximum atomic E-state index is 6.25. The zero-order valence-corrected chi connectivity index (χ0v) is 12.1. The lowest BCUT2D eigenvalue weighted by molar-refractivity contribution is 0.174. The first kappa shape index (κ1) is 13.1. The molecule has 20 heavy (non-hydrogen) atoms. The van der Waals surface area contributed by atoms with E-state index in [0.29, 0.717) is 16.5 Å². The number of ether oxygens (including phenoxy) is 2. The molecule has 3 rings (SSSR count). The maximum Gasteiger partial charge on any atom is 0.231 e. The second-order valence-corrected chi connectivity index (χ2v) is 5.09. The standard InChI is InChI=1S/C14H16ClN3O2/c1-3-18-7-10(6-16-18)9(2)17-12-5-14-13(4-11(12)15)19-8-20-14/h4-7,9,17H,3,8H2,1-2H3. The van der Waals surface area contributed by atoms with Crippen LogP contribution in [0.3, 0.4) is 0 Å². The number of rotatable bonds is 4. The topological polar surface area (TPSA) is 48.3 Å². The van der Waals surface area contributed by atoms with Crippen molar-refractivity contribution in [2.45, 2.75) is 26.4 Å². The summed E-state index contributed by atoms with van der Waals surface area (Å²) in [7, 11) is 0. The van der Waals surface area contributed by atoms with Crippen LogP contribution in [0.4, 0.5) is 5.69 Å². The highest BCUT2D eigenvalue weighted by Crippen LogP contribution is 2.40. The van der Waals surface area contributed by atoms with Gasteiger partial charge in [-0.2, -0.15) is 5.10 Å². The zero-order chi connectivity index (χ0) is 14.1. The van der Waals surface area contributed by atoms with Gasteiger partial charge in [0.15, 0.2) is 11.5 Å². The minimum Gasteiger partial charge on any atom is -0.454 e. The zero-order valence-electron chi connectivity index (χ0n) is 11.4. The van der Waals surface area contributed by atoms with Gasteiger partial charge in [0.05, 0.1) is 22.9 Å². The Bertz CT molecular complexity index is 627. The van der Waals surface area contributed by atoms with E-state index in [1.54, 1.807) is 6.07 Å². The molecular formula is C14H16ClN3O2. The summed E-state index contributed by atoms with van der Waals surface area (Å²) < 4.78 is 12.6. The second kappa shape index (κ2) is 5.25. The molecule has 1 aromatic carbocycles. The van der Waals surface area contributed by atoms with Crippen molar-refractivity contribution in [2.75, 3.05) is 12.1 Å². The molecule has 0 amide bonds. The van der Waals surface area contributed by atoms with Gasteiger partial charge in [0.2, 0.25) is 6.79 Å². The van der Waals surface area contributed by atoms with Gasteiger partial charge in [-0.05, 0) is 13.8 Å². The van der Waals surface area contributed by atoms with Crippen LogP contribution in [0.2, 0.25) is 5.02 Å². The van der Waals surface area contributed by atoms with Crippen LogP contribution in [0.15, 0.2) is 24.5 Å². The molecule has 1 aliphatic heterocycles. The predicted octanol–water partition coefficient (Wildman–Crippen LogP) is 3.46. The summed E-state index contributed by atoms with van der Waals surface area (Å²) in [6.07, 6.45) is 3.89. The molecule has 0 saturated heterocycles. The number of aryl methyl sites for hydroxylation is 1. The van der Waals surface area contributed by atoms with Crippen LogP contribution < -0.4 is 14.8 Å². The lowest BCUT2D eigenvalue weighted by atomic mass is 10.1. The van der Waals surface area contributed by atoms with Crippen molar-refractivity contribution < 1.29 is 9.47 Å². The lowest BCUT2D eigenvalue weighted by Crippen LogP contribution is -2.06. The Hall–Kier alpha value is -1.88. The smallest absolute Gasteiger partial charge is 0.231 e. The molecule has 2 heterocycles. The summed E-state index contributed by atoms with van der Waals surface area (Å²) in [6.45, 7) is 5.23. The summed E-state index contributed by atoms with van der Waals surface area (Å²) in [5.74, 6) is 1.40. The fourth-order valence-corrected chi connectivity index (χ4v) is 2.33. The second-order valence-electron chi connectivity index (χ2n) is 4.68. The largest absolute Gasteiger partial charge is 0.454 e. The fourth-order valence-electron chi connectivity index (χ4n) is 2.12. The Morgan fingerprint density at radius 1 is 1.40 bits per heavy atom. The maximum absolute atomic E-state index is 6.25. The van der Waals surface area contributed by atoms with E-state index >= 15 is 0 Å². The number of hydrogen-bond donors (Lipinski definition) is 1. The normalized spacial score (nSPS) is 14.3. The number of benzene rings is 1. The minimum absolute atomic E-state index is 0.105. The summed E-state index contributed by atoms with van der Waals surface area (Å²) in [5, 5.41) is 8.26. The van der Waals surface area contributed by atoms with Crippen molar-refractivity contribution in [3.63, 3.8) is 0 Å². The molecule has 0 radical (unpaired) electrons. The van der Waals surface area contributed by atoms with Gasteiger partial charge >= 0.3 is 0 Å². The van der Waals surface area contributed by atoms with E-state index in [1.807, 2.05) is 23.1 Å². The van der Waals surface area contributed by atoms with E-state index in [2.05, 4.69) is 24.3 Å². The third-order valence-electron chi connectivity index (χ3n) is 3.31. The van der Waals surface area contributed by atoms with Crippen molar-refractivity contribution in [1.29, 1.82) is 0 Å². The first-order valence-electron chi connectivity index (χ1n) is 6.55. The molecule has 0 saturated carbocycles. The number of halogens is 1. The SMILES string of the molecule is CCn1cc(C(C)Nc2cc3c(cc2Cl)OCO3)cn1. The Balaban J connectivity index is 1.80. The van der Waals surface area contributed by atoms with E-state index in [4.69, 9.17) is 21.1 Å². The molecule has 0 spiro atoms. The molecule has 5 nitrogen and oxygen atoms in total. The molecule has 2 aromatic rings. The molecular weight excluding hydrogens is 278 g/mol. The summed E-state index contributed by atoms with van der Waals surface area (Å²) in [4.78, 5) is 0. The Morgan fingerprint density at radius 3 is 2.85 bits per heavy atom. The van der Waals surface area contributed by atoms with Crippen molar-refractivity contribution in [1.82, 2.24) is 9.78 Å². The van der Waals surface area contributed by atoms with Crippen LogP contribution >= 0.6 is 11.6 Å². The fraction of sp³-hybridized carbons (Fsp3) is 0.357. The van der Waals surface area contributed by atoms with Gasteiger partial charge in [-0.25, -0.2) is 0 Å². The molecule has 6 heteroatoms. The number of anilines is 1. The Kier molecular flexibility index (Phi) is 3.44. The highest BCUT2D eigenvalue weighted by atomic mass is 35.5. The van der Waals surface area contributed by atoms with Crippen LogP contribution in [0.25, 0.3) is 0 Å². The number of aromatic nitrogens is 2. The molecule has 1 atom stereocenters. The third-order valence-corrected chi connectivity index (χ3v) is 3.62. The molecule has 1 aliphatic rings. The molecule has 0 fully saturated rings. The summed E-state index contributed by atoms with van der Waals surface area (Å²) in [6, 6.07) is 3.74. The average Bonchev–Trinajstić information content (AvgIpc) is 3.07. The van der Waals surface area contributed by atoms with Crippen LogP contribution in [0.5, 0.6) is 11.5 Å². The first-order chi connectivity index (χ1) is 9.67. The minimum atomic E-state index is 0.105. The summed E-state index contributed by atoms with van der Waals surface area (Å²) >= 11 is 6.25. The highest BCUT2D eigenvalue weighted by Gasteiger charge is 2.18. The highest BCUT2D eigenvalue weighted by molar-refractivity contribution is 6.33. The van der Waals surface area contributed by atoms with Crippen molar-refractivity contribution in [3.8, 4) is 11.5 Å².